The number of dihydropyridines is 1. The molecule has 47 heavy (non-hydrogen) atoms. The Balaban J connectivity index is 1.30. The van der Waals surface area contributed by atoms with Crippen molar-refractivity contribution in [1.29, 1.82) is 0 Å². The summed E-state index contributed by atoms with van der Waals surface area (Å²) in [5, 5.41) is 1.09. The zero-order valence-corrected chi connectivity index (χ0v) is 26.5. The van der Waals surface area contributed by atoms with Crippen molar-refractivity contribution in [2.75, 3.05) is 0 Å². The van der Waals surface area contributed by atoms with Crippen LogP contribution in [0.15, 0.2) is 161 Å². The summed E-state index contributed by atoms with van der Waals surface area (Å²) in [6, 6.07) is 29.6. The molecule has 3 aromatic carbocycles. The minimum atomic E-state index is -0.193. The minimum absolute atomic E-state index is 0.130. The number of hydrogen-bond donors (Lipinski definition) is 1. The van der Waals surface area contributed by atoms with Crippen molar-refractivity contribution in [3.05, 3.63) is 179 Å². The summed E-state index contributed by atoms with van der Waals surface area (Å²) >= 11 is 0. The number of aliphatic imine (C=N–C) groups is 1. The van der Waals surface area contributed by atoms with E-state index in [9.17, 15) is 0 Å². The van der Waals surface area contributed by atoms with Crippen LogP contribution >= 0.6 is 0 Å². The Morgan fingerprint density at radius 2 is 1.47 bits per heavy atom. The Bertz CT molecular complexity index is 2090. The number of allylic oxidation sites excluding steroid dienone is 12. The maximum absolute atomic E-state index is 6.41. The molecule has 0 fully saturated rings. The Labute approximate surface area is 276 Å². The van der Waals surface area contributed by atoms with Gasteiger partial charge < -0.3 is 5.73 Å². The maximum atomic E-state index is 6.41. The minimum Gasteiger partial charge on any atom is -0.404 e. The van der Waals surface area contributed by atoms with Crippen LogP contribution < -0.4 is 5.73 Å². The summed E-state index contributed by atoms with van der Waals surface area (Å²) in [4.78, 5) is 16.4. The molecule has 0 radical (unpaired) electrons. The van der Waals surface area contributed by atoms with Crippen molar-refractivity contribution >= 4 is 27.8 Å². The summed E-state index contributed by atoms with van der Waals surface area (Å²) in [5.74, 6) is 0.696. The fourth-order valence-electron chi connectivity index (χ4n) is 7.49. The fraction of sp³-hybridized carbons (Fsp3) is 0.186. The van der Waals surface area contributed by atoms with Crippen molar-refractivity contribution in [3.8, 4) is 0 Å². The average molecular weight is 611 g/mol. The smallest absolute Gasteiger partial charge is 0.139 e. The van der Waals surface area contributed by atoms with Crippen LogP contribution in [-0.4, -0.2) is 15.7 Å². The molecule has 2 atom stereocenters. The van der Waals surface area contributed by atoms with Gasteiger partial charge in [-0.15, -0.1) is 0 Å². The SMILES string of the molecule is NC=C(C1=CC=CCC1)C1=NC(c2ccccc2)C(c2nc(C3=CC=C(c4ccccc4)CC3)c3ccccc3n2)C2=C1CCC=C2. The van der Waals surface area contributed by atoms with Crippen LogP contribution in [0.25, 0.3) is 22.0 Å². The molecule has 1 aromatic heterocycles. The summed E-state index contributed by atoms with van der Waals surface area (Å²) in [7, 11) is 0. The Morgan fingerprint density at radius 3 is 2.23 bits per heavy atom. The second-order valence-electron chi connectivity index (χ2n) is 12.6. The number of fused-ring (bicyclic) bond motifs is 1. The van der Waals surface area contributed by atoms with Crippen molar-refractivity contribution < 1.29 is 0 Å². The predicted octanol–water partition coefficient (Wildman–Crippen LogP) is 9.94. The van der Waals surface area contributed by atoms with E-state index in [1.807, 2.05) is 0 Å². The molecule has 2 N–H and O–H groups in total. The van der Waals surface area contributed by atoms with Crippen LogP contribution in [0.5, 0.6) is 0 Å². The highest BCUT2D eigenvalue weighted by molar-refractivity contribution is 6.16. The van der Waals surface area contributed by atoms with Gasteiger partial charge in [0.15, 0.2) is 0 Å². The van der Waals surface area contributed by atoms with Crippen molar-refractivity contribution in [3.63, 3.8) is 0 Å². The number of para-hydroxylation sites is 1. The van der Waals surface area contributed by atoms with E-state index < -0.39 is 0 Å². The molecule has 1 aliphatic heterocycles. The maximum Gasteiger partial charge on any atom is 0.139 e. The third-order valence-corrected chi connectivity index (χ3v) is 9.83. The molecule has 0 bridgehead atoms. The Kier molecular flexibility index (Phi) is 7.92. The third-order valence-electron chi connectivity index (χ3n) is 9.83. The van der Waals surface area contributed by atoms with Crippen LogP contribution in [-0.2, 0) is 0 Å². The van der Waals surface area contributed by atoms with Gasteiger partial charge in [-0.3, -0.25) is 4.99 Å². The summed E-state index contributed by atoms with van der Waals surface area (Å²) < 4.78 is 0. The second kappa shape index (κ2) is 12.8. The van der Waals surface area contributed by atoms with E-state index in [1.54, 1.807) is 6.20 Å². The molecular formula is C43H38N4. The lowest BCUT2D eigenvalue weighted by Crippen LogP contribution is -2.27. The lowest BCUT2D eigenvalue weighted by Gasteiger charge is -2.35. The van der Waals surface area contributed by atoms with Gasteiger partial charge in [-0.25, -0.2) is 9.97 Å². The molecule has 4 aromatic rings. The average Bonchev–Trinajstić information content (AvgIpc) is 3.15. The van der Waals surface area contributed by atoms with Gasteiger partial charge in [0.1, 0.15) is 5.82 Å². The predicted molar refractivity (Wildman–Crippen MR) is 195 cm³/mol. The molecule has 0 saturated carbocycles. The number of aromatic nitrogens is 2. The normalized spacial score (nSPS) is 21.1. The standard InChI is InChI=1S/C43H38N4/c44-28-37(31-16-6-2-7-17-31)42-35-21-11-10-20-34(35)39(41(46-42)32-18-8-3-9-19-32)43-45-38-23-13-12-22-36(38)40(47-43)33-26-24-30(25-27-33)29-14-4-1-5-15-29/h1-6,8-10,12-16,18-20,22-24,26,28,39,41H,7,11,17,21,25,27,44H2. The fourth-order valence-corrected chi connectivity index (χ4v) is 7.49. The van der Waals surface area contributed by atoms with Crippen LogP contribution in [0, 0.1) is 0 Å². The molecule has 4 nitrogen and oxygen atoms in total. The molecule has 0 amide bonds. The molecule has 2 unspecified atom stereocenters. The van der Waals surface area contributed by atoms with Gasteiger partial charge in [-0.1, -0.05) is 121 Å². The first kappa shape index (κ1) is 29.1. The number of benzene rings is 3. The van der Waals surface area contributed by atoms with E-state index in [2.05, 4.69) is 127 Å². The first-order valence-corrected chi connectivity index (χ1v) is 16.8. The van der Waals surface area contributed by atoms with Gasteiger partial charge in [0.25, 0.3) is 0 Å². The highest BCUT2D eigenvalue weighted by atomic mass is 14.9. The van der Waals surface area contributed by atoms with Gasteiger partial charge in [-0.2, -0.15) is 0 Å². The van der Waals surface area contributed by atoms with E-state index >= 15 is 0 Å². The summed E-state index contributed by atoms with van der Waals surface area (Å²) in [6.07, 6.45) is 23.2. The van der Waals surface area contributed by atoms with E-state index in [0.29, 0.717) is 0 Å². The van der Waals surface area contributed by atoms with Gasteiger partial charge >= 0.3 is 0 Å². The lowest BCUT2D eigenvalue weighted by atomic mass is 9.75. The van der Waals surface area contributed by atoms with Gasteiger partial charge in [0.05, 0.1) is 28.9 Å². The van der Waals surface area contributed by atoms with Crippen molar-refractivity contribution in [2.24, 2.45) is 10.7 Å². The molecule has 3 aliphatic carbocycles. The molecule has 4 heteroatoms. The molecular weight excluding hydrogens is 573 g/mol. The zero-order chi connectivity index (χ0) is 31.6. The van der Waals surface area contributed by atoms with Crippen molar-refractivity contribution in [2.45, 2.75) is 50.5 Å². The van der Waals surface area contributed by atoms with Crippen LogP contribution in [0.1, 0.15) is 73.1 Å². The molecule has 4 aliphatic rings. The largest absolute Gasteiger partial charge is 0.404 e. The Hall–Kier alpha value is -5.35. The topological polar surface area (TPSA) is 64.2 Å². The Morgan fingerprint density at radius 1 is 0.723 bits per heavy atom. The highest BCUT2D eigenvalue weighted by Crippen LogP contribution is 2.48. The van der Waals surface area contributed by atoms with Gasteiger partial charge in [0, 0.05) is 17.2 Å². The molecule has 8 rings (SSSR count). The summed E-state index contributed by atoms with van der Waals surface area (Å²) in [6.45, 7) is 0. The van der Waals surface area contributed by atoms with E-state index in [-0.39, 0.29) is 12.0 Å². The van der Waals surface area contributed by atoms with Crippen molar-refractivity contribution in [1.82, 2.24) is 9.97 Å². The quantitative estimate of drug-likeness (QED) is 0.236. The molecule has 0 saturated heterocycles. The first-order valence-electron chi connectivity index (χ1n) is 16.8. The zero-order valence-electron chi connectivity index (χ0n) is 26.5. The third kappa shape index (κ3) is 5.54. The van der Waals surface area contributed by atoms with Gasteiger partial charge in [-0.05, 0) is 83.6 Å². The van der Waals surface area contributed by atoms with Gasteiger partial charge in [0.2, 0.25) is 0 Å². The molecule has 230 valence electrons. The van der Waals surface area contributed by atoms with E-state index in [1.165, 1.54) is 33.4 Å². The van der Waals surface area contributed by atoms with E-state index in [4.69, 9.17) is 20.7 Å². The number of rotatable bonds is 6. The highest BCUT2D eigenvalue weighted by Gasteiger charge is 2.38. The monoisotopic (exact) mass is 610 g/mol. The van der Waals surface area contributed by atoms with E-state index in [0.717, 1.165) is 77.8 Å². The molecule has 0 spiro atoms. The van der Waals surface area contributed by atoms with Crippen LogP contribution in [0.4, 0.5) is 0 Å². The second-order valence-corrected chi connectivity index (χ2v) is 12.6. The number of nitrogens with two attached hydrogens (primary N) is 1. The van der Waals surface area contributed by atoms with Crippen LogP contribution in [0.2, 0.25) is 0 Å². The molecule has 2 heterocycles. The first-order chi connectivity index (χ1) is 23.3. The number of hydrogen-bond acceptors (Lipinski definition) is 4. The lowest BCUT2D eigenvalue weighted by molar-refractivity contribution is 0.583. The number of nitrogens with zero attached hydrogens (tertiary/aromatic N) is 3. The van der Waals surface area contributed by atoms with Crippen LogP contribution in [0.3, 0.4) is 0 Å². The summed E-state index contributed by atoms with van der Waals surface area (Å²) in [5.41, 5.74) is 19.3.